The third kappa shape index (κ3) is 2.40. The summed E-state index contributed by atoms with van der Waals surface area (Å²) in [6, 6.07) is 6.22. The Kier molecular flexibility index (Phi) is 2.94. The second-order valence-corrected chi connectivity index (χ2v) is 5.66. The summed E-state index contributed by atoms with van der Waals surface area (Å²) in [5.41, 5.74) is 1.26. The summed E-state index contributed by atoms with van der Waals surface area (Å²) in [6.07, 6.45) is -2.45. The van der Waals surface area contributed by atoms with Gasteiger partial charge in [0.2, 0.25) is 5.82 Å². The molecule has 1 aliphatic rings. The van der Waals surface area contributed by atoms with Gasteiger partial charge in [-0.15, -0.1) is 10.2 Å². The van der Waals surface area contributed by atoms with Crippen molar-refractivity contribution in [3.63, 3.8) is 0 Å². The van der Waals surface area contributed by atoms with E-state index < -0.39 is 23.8 Å². The first kappa shape index (κ1) is 15.0. The number of fused-ring (bicyclic) bond motifs is 1. The molecule has 2 aromatic heterocycles. The van der Waals surface area contributed by atoms with Gasteiger partial charge in [0, 0.05) is 18.2 Å². The highest BCUT2D eigenvalue weighted by atomic mass is 19.4. The third-order valence-electron chi connectivity index (χ3n) is 3.98. The molecule has 0 bridgehead atoms. The van der Waals surface area contributed by atoms with Gasteiger partial charge in [0.1, 0.15) is 0 Å². The average molecular weight is 340 g/mol. The van der Waals surface area contributed by atoms with Crippen LogP contribution in [0.5, 0.6) is 0 Å². The molecule has 0 N–H and O–H groups in total. The van der Waals surface area contributed by atoms with Crippen molar-refractivity contribution in [1.82, 2.24) is 19.6 Å². The van der Waals surface area contributed by atoms with Crippen LogP contribution in [0.3, 0.4) is 0 Å². The molecule has 0 radical (unpaired) electrons. The zero-order valence-corrected chi connectivity index (χ0v) is 11.9. The molecule has 1 aliphatic carbocycles. The summed E-state index contributed by atoms with van der Waals surface area (Å²) in [6.45, 7) is 0. The van der Waals surface area contributed by atoms with E-state index in [0.717, 1.165) is 4.40 Å². The quantitative estimate of drug-likeness (QED) is 0.664. The van der Waals surface area contributed by atoms with Gasteiger partial charge in [-0.1, -0.05) is 24.3 Å². The average Bonchev–Trinajstić information content (AvgIpc) is 2.96. The van der Waals surface area contributed by atoms with E-state index in [2.05, 4.69) is 15.2 Å². The number of aromatic nitrogens is 4. The minimum absolute atomic E-state index is 0.0275. The van der Waals surface area contributed by atoms with E-state index >= 15 is 0 Å². The van der Waals surface area contributed by atoms with Gasteiger partial charge in [0.05, 0.1) is 17.8 Å². The van der Waals surface area contributed by atoms with E-state index in [0.29, 0.717) is 11.1 Å². The Hall–Kier alpha value is -2.58. The largest absolute Gasteiger partial charge is 0.452 e. The third-order valence-corrected chi connectivity index (χ3v) is 3.98. The topological polar surface area (TPSA) is 43.1 Å². The Labute approximate surface area is 132 Å². The van der Waals surface area contributed by atoms with Crippen LogP contribution in [-0.2, 0) is 6.18 Å². The van der Waals surface area contributed by atoms with Gasteiger partial charge >= 0.3 is 6.18 Å². The molecular formula is C15H9F5N4. The first-order valence-corrected chi connectivity index (χ1v) is 7.02. The van der Waals surface area contributed by atoms with Crippen LogP contribution in [0.1, 0.15) is 23.7 Å². The van der Waals surface area contributed by atoms with Gasteiger partial charge in [0.25, 0.3) is 5.92 Å². The van der Waals surface area contributed by atoms with Crippen LogP contribution in [0.15, 0.2) is 36.7 Å². The minimum atomic E-state index is -4.64. The van der Waals surface area contributed by atoms with Gasteiger partial charge in [-0.3, -0.25) is 9.38 Å². The number of hydrogen-bond acceptors (Lipinski definition) is 3. The van der Waals surface area contributed by atoms with Crippen LogP contribution < -0.4 is 0 Å². The lowest BCUT2D eigenvalue weighted by Crippen LogP contribution is -2.11. The second-order valence-electron chi connectivity index (χ2n) is 5.66. The number of alkyl halides is 5. The summed E-state index contributed by atoms with van der Waals surface area (Å²) in [5, 5.41) is 6.56. The van der Waals surface area contributed by atoms with E-state index in [1.165, 1.54) is 12.4 Å². The highest BCUT2D eigenvalue weighted by Gasteiger charge is 2.57. The second kappa shape index (κ2) is 4.71. The molecule has 1 unspecified atom stereocenters. The first-order valence-electron chi connectivity index (χ1n) is 7.02. The zero-order chi connectivity index (χ0) is 17.1. The Balaban J connectivity index is 1.71. The Morgan fingerprint density at radius 2 is 1.75 bits per heavy atom. The van der Waals surface area contributed by atoms with Gasteiger partial charge in [-0.2, -0.15) is 13.2 Å². The molecule has 124 valence electrons. The number of rotatable bonds is 2. The molecule has 4 rings (SSSR count). The summed E-state index contributed by atoms with van der Waals surface area (Å²) >= 11 is 0. The molecule has 24 heavy (non-hydrogen) atoms. The van der Waals surface area contributed by atoms with E-state index in [-0.39, 0.29) is 17.8 Å². The smallest absolute Gasteiger partial charge is 0.275 e. The first-order chi connectivity index (χ1) is 11.3. The molecule has 2 heterocycles. The molecule has 9 heteroatoms. The Bertz CT molecular complexity index is 914. The van der Waals surface area contributed by atoms with Crippen molar-refractivity contribution in [3.05, 3.63) is 48.0 Å². The molecule has 1 saturated carbocycles. The van der Waals surface area contributed by atoms with E-state index in [4.69, 9.17) is 0 Å². The molecule has 1 atom stereocenters. The fraction of sp³-hybridized carbons (Fsp3) is 0.267. The number of hydrogen-bond donors (Lipinski definition) is 0. The van der Waals surface area contributed by atoms with Crippen LogP contribution in [0.25, 0.3) is 16.9 Å². The number of nitrogens with zero attached hydrogens (tertiary/aromatic N) is 4. The van der Waals surface area contributed by atoms with Gasteiger partial charge in [-0.25, -0.2) is 8.78 Å². The lowest BCUT2D eigenvalue weighted by molar-refractivity contribution is -0.145. The summed E-state index contributed by atoms with van der Waals surface area (Å²) < 4.78 is 65.6. The van der Waals surface area contributed by atoms with Crippen LogP contribution in [-0.4, -0.2) is 25.5 Å². The molecule has 0 spiro atoms. The van der Waals surface area contributed by atoms with Crippen LogP contribution in [0.2, 0.25) is 0 Å². The molecule has 4 nitrogen and oxygen atoms in total. The lowest BCUT2D eigenvalue weighted by atomic mass is 10.1. The maximum absolute atomic E-state index is 13.1. The van der Waals surface area contributed by atoms with Crippen LogP contribution >= 0.6 is 0 Å². The molecule has 0 amide bonds. The van der Waals surface area contributed by atoms with E-state index in [1.807, 2.05) is 0 Å². The number of benzene rings is 1. The summed E-state index contributed by atoms with van der Waals surface area (Å²) in [7, 11) is 0. The fourth-order valence-electron chi connectivity index (χ4n) is 2.61. The van der Waals surface area contributed by atoms with Crippen LogP contribution in [0.4, 0.5) is 22.0 Å². The highest BCUT2D eigenvalue weighted by molar-refractivity contribution is 5.60. The maximum atomic E-state index is 13.1. The van der Waals surface area contributed by atoms with Crippen molar-refractivity contribution in [2.24, 2.45) is 0 Å². The normalized spacial score (nSPS) is 19.6. The van der Waals surface area contributed by atoms with Crippen molar-refractivity contribution in [1.29, 1.82) is 0 Å². The van der Waals surface area contributed by atoms with Crippen molar-refractivity contribution < 1.29 is 22.0 Å². The molecule has 1 aromatic carbocycles. The van der Waals surface area contributed by atoms with Crippen LogP contribution in [0, 0.1) is 0 Å². The molecular weight excluding hydrogens is 331 g/mol. The van der Waals surface area contributed by atoms with Crippen molar-refractivity contribution in [2.45, 2.75) is 24.4 Å². The molecule has 0 aliphatic heterocycles. The Morgan fingerprint density at radius 1 is 1.08 bits per heavy atom. The Morgan fingerprint density at radius 3 is 2.33 bits per heavy atom. The monoisotopic (exact) mass is 340 g/mol. The van der Waals surface area contributed by atoms with Crippen molar-refractivity contribution in [3.8, 4) is 11.3 Å². The zero-order valence-electron chi connectivity index (χ0n) is 11.9. The minimum Gasteiger partial charge on any atom is -0.275 e. The summed E-state index contributed by atoms with van der Waals surface area (Å²) in [4.78, 5) is 4.05. The molecule has 1 fully saturated rings. The SMILES string of the molecule is FC(F)(F)c1nnc2cnc(-c3ccc(C4CC4(F)F)cc3)cn12. The van der Waals surface area contributed by atoms with Crippen molar-refractivity contribution in [2.75, 3.05) is 0 Å². The van der Waals surface area contributed by atoms with E-state index in [1.54, 1.807) is 24.3 Å². The number of halogens is 5. The van der Waals surface area contributed by atoms with Gasteiger partial charge in [0.15, 0.2) is 5.65 Å². The lowest BCUT2D eigenvalue weighted by Gasteiger charge is -2.06. The molecule has 3 aromatic rings. The van der Waals surface area contributed by atoms with Gasteiger partial charge < -0.3 is 0 Å². The fourth-order valence-corrected chi connectivity index (χ4v) is 2.61. The molecule has 0 saturated heterocycles. The predicted octanol–water partition coefficient (Wildman–Crippen LogP) is 3.93. The highest BCUT2D eigenvalue weighted by Crippen LogP contribution is 2.55. The predicted molar refractivity (Wildman–Crippen MR) is 73.5 cm³/mol. The maximum Gasteiger partial charge on any atom is 0.452 e. The van der Waals surface area contributed by atoms with E-state index in [9.17, 15) is 22.0 Å². The standard InChI is InChI=1S/C15H9F5N4/c16-14(17)5-10(14)8-1-3-9(4-2-8)11-7-24-12(6-21-11)22-23-13(24)15(18,19)20/h1-4,6-7,10H,5H2. The summed E-state index contributed by atoms with van der Waals surface area (Å²) in [5.74, 6) is -4.59. The van der Waals surface area contributed by atoms with Gasteiger partial charge in [-0.05, 0) is 5.56 Å². The van der Waals surface area contributed by atoms with Crippen molar-refractivity contribution >= 4 is 5.65 Å².